The minimum absolute atomic E-state index is 0.116. The van der Waals surface area contributed by atoms with E-state index in [1.165, 1.54) is 6.07 Å². The van der Waals surface area contributed by atoms with Crippen molar-refractivity contribution in [2.45, 2.75) is 24.7 Å². The topological polar surface area (TPSA) is 59.0 Å². The maximum atomic E-state index is 13.7. The molecule has 0 bridgehead atoms. The molecule has 4 rings (SSSR count). The Kier molecular flexibility index (Phi) is 5.38. The highest BCUT2D eigenvalue weighted by Crippen LogP contribution is 2.43. The molecule has 1 aromatic heterocycles. The van der Waals surface area contributed by atoms with Crippen molar-refractivity contribution in [1.29, 1.82) is 0 Å². The first kappa shape index (κ1) is 20.6. The monoisotopic (exact) mass is 454 g/mol. The van der Waals surface area contributed by atoms with E-state index < -0.39 is 24.2 Å². The van der Waals surface area contributed by atoms with Crippen LogP contribution in [0.25, 0.3) is 0 Å². The number of rotatable bonds is 3. The second-order valence-corrected chi connectivity index (χ2v) is 7.73. The van der Waals surface area contributed by atoms with Gasteiger partial charge >= 0.3 is 6.18 Å². The summed E-state index contributed by atoms with van der Waals surface area (Å²) in [6, 6.07) is 11.8. The molecule has 10 heteroatoms. The second kappa shape index (κ2) is 7.85. The number of nitrogens with one attached hydrogen (secondary N) is 2. The van der Waals surface area contributed by atoms with Crippen LogP contribution in [0.2, 0.25) is 10.0 Å². The second-order valence-electron chi connectivity index (χ2n) is 6.86. The summed E-state index contributed by atoms with van der Waals surface area (Å²) in [6.07, 6.45) is -4.80. The lowest BCUT2D eigenvalue weighted by atomic mass is 9.97. The predicted octanol–water partition coefficient (Wildman–Crippen LogP) is 6.10. The summed E-state index contributed by atoms with van der Waals surface area (Å²) < 4.78 is 42.1. The zero-order valence-electron chi connectivity index (χ0n) is 15.3. The smallest absolute Gasteiger partial charge is 0.363 e. The number of carbonyl (C=O) groups is 1. The van der Waals surface area contributed by atoms with Gasteiger partial charge in [0, 0.05) is 28.2 Å². The van der Waals surface area contributed by atoms with E-state index in [0.29, 0.717) is 21.3 Å². The fourth-order valence-electron chi connectivity index (χ4n) is 3.33. The summed E-state index contributed by atoms with van der Waals surface area (Å²) in [6.45, 7) is 0. The van der Waals surface area contributed by atoms with Gasteiger partial charge in [0.25, 0.3) is 5.91 Å². The van der Waals surface area contributed by atoms with Gasteiger partial charge in [0.1, 0.15) is 5.82 Å². The van der Waals surface area contributed by atoms with E-state index in [0.717, 1.165) is 4.68 Å². The summed E-state index contributed by atoms with van der Waals surface area (Å²) >= 11 is 11.7. The average molecular weight is 455 g/mol. The number of hydrogen-bond acceptors (Lipinski definition) is 3. The van der Waals surface area contributed by atoms with Crippen LogP contribution in [0.1, 0.15) is 34.6 Å². The first-order valence-electron chi connectivity index (χ1n) is 8.96. The van der Waals surface area contributed by atoms with E-state index >= 15 is 0 Å². The first-order valence-corrected chi connectivity index (χ1v) is 9.71. The maximum absolute atomic E-state index is 13.7. The number of alkyl halides is 3. The zero-order valence-corrected chi connectivity index (χ0v) is 16.8. The average Bonchev–Trinajstić information content (AvgIpc) is 3.13. The van der Waals surface area contributed by atoms with E-state index in [-0.39, 0.29) is 17.9 Å². The van der Waals surface area contributed by atoms with E-state index in [9.17, 15) is 18.0 Å². The van der Waals surface area contributed by atoms with Gasteiger partial charge in [0.2, 0.25) is 0 Å². The molecule has 2 N–H and O–H groups in total. The van der Waals surface area contributed by atoms with Gasteiger partial charge in [-0.3, -0.25) is 4.79 Å². The number of aromatic nitrogens is 2. The summed E-state index contributed by atoms with van der Waals surface area (Å²) in [5.41, 5.74) is 0.987. The molecule has 0 spiro atoms. The third-order valence-electron chi connectivity index (χ3n) is 4.80. The molecule has 5 nitrogen and oxygen atoms in total. The Labute approximate surface area is 179 Å². The molecule has 156 valence electrons. The molecule has 0 fully saturated rings. The van der Waals surface area contributed by atoms with Crippen LogP contribution in [0.5, 0.6) is 0 Å². The van der Waals surface area contributed by atoms with E-state index in [1.54, 1.807) is 48.5 Å². The van der Waals surface area contributed by atoms with Crippen molar-refractivity contribution in [3.05, 3.63) is 75.9 Å². The fourth-order valence-corrected chi connectivity index (χ4v) is 3.58. The van der Waals surface area contributed by atoms with Crippen molar-refractivity contribution in [2.24, 2.45) is 0 Å². The third kappa shape index (κ3) is 4.24. The van der Waals surface area contributed by atoms with Crippen LogP contribution in [0, 0.1) is 0 Å². The summed E-state index contributed by atoms with van der Waals surface area (Å²) in [7, 11) is 0. The third-order valence-corrected chi connectivity index (χ3v) is 5.30. The van der Waals surface area contributed by atoms with Crippen LogP contribution in [0.3, 0.4) is 0 Å². The molecule has 0 saturated heterocycles. The molecule has 0 saturated carbocycles. The number of nitrogens with zero attached hydrogens (tertiary/aromatic N) is 2. The number of fused-ring (bicyclic) bond motifs is 1. The van der Waals surface area contributed by atoms with Crippen molar-refractivity contribution in [2.75, 3.05) is 10.6 Å². The zero-order chi connectivity index (χ0) is 21.5. The van der Waals surface area contributed by atoms with Crippen molar-refractivity contribution >= 4 is 40.6 Å². The molecule has 0 radical (unpaired) electrons. The number of halogens is 5. The highest BCUT2D eigenvalue weighted by atomic mass is 35.5. The van der Waals surface area contributed by atoms with Crippen LogP contribution >= 0.6 is 23.2 Å². The highest BCUT2D eigenvalue weighted by Gasteiger charge is 2.46. The van der Waals surface area contributed by atoms with E-state index in [4.69, 9.17) is 23.2 Å². The Morgan fingerprint density at radius 2 is 1.67 bits per heavy atom. The quantitative estimate of drug-likeness (QED) is 0.502. The summed E-state index contributed by atoms with van der Waals surface area (Å²) in [4.78, 5) is 12.5. The Morgan fingerprint density at radius 1 is 1.07 bits per heavy atom. The first-order chi connectivity index (χ1) is 14.2. The van der Waals surface area contributed by atoms with E-state index in [1.807, 2.05) is 0 Å². The van der Waals surface area contributed by atoms with Gasteiger partial charge in [-0.15, -0.1) is 0 Å². The van der Waals surface area contributed by atoms with Crippen LogP contribution in [-0.4, -0.2) is 21.9 Å². The van der Waals surface area contributed by atoms with Crippen LogP contribution in [-0.2, 0) is 0 Å². The molecule has 1 aliphatic rings. The van der Waals surface area contributed by atoms with Gasteiger partial charge in [-0.25, -0.2) is 4.68 Å². The maximum Gasteiger partial charge on any atom is 0.410 e. The molecule has 3 aromatic rings. The Bertz CT molecular complexity index is 1070. The SMILES string of the molecule is O=C(Nc1ccc(Cl)cc1)c1cc2n(n1)[C@@H](C(F)(F)F)C[C@H](c1ccc(Cl)cc1)N2. The molecule has 2 aromatic carbocycles. The molecule has 0 aliphatic carbocycles. The lowest BCUT2D eigenvalue weighted by molar-refractivity contribution is -0.173. The molecule has 30 heavy (non-hydrogen) atoms. The lowest BCUT2D eigenvalue weighted by Crippen LogP contribution is -2.35. The minimum Gasteiger partial charge on any atom is -0.363 e. The molecule has 1 aliphatic heterocycles. The minimum atomic E-state index is -4.53. The molecular formula is C20H15Cl2F3N4O. The van der Waals surface area contributed by atoms with Crippen LogP contribution < -0.4 is 10.6 Å². The normalized spacial score (nSPS) is 18.4. The lowest BCUT2D eigenvalue weighted by Gasteiger charge is -2.33. The van der Waals surface area contributed by atoms with Gasteiger partial charge in [-0.2, -0.15) is 18.3 Å². The fraction of sp³-hybridized carbons (Fsp3) is 0.200. The van der Waals surface area contributed by atoms with Crippen molar-refractivity contribution in [1.82, 2.24) is 9.78 Å². The van der Waals surface area contributed by atoms with Crippen molar-refractivity contribution < 1.29 is 18.0 Å². The molecule has 2 heterocycles. The molecule has 0 unspecified atom stereocenters. The molecular weight excluding hydrogens is 440 g/mol. The van der Waals surface area contributed by atoms with Gasteiger partial charge in [0.15, 0.2) is 11.7 Å². The number of carbonyl (C=O) groups excluding carboxylic acids is 1. The number of hydrogen-bond donors (Lipinski definition) is 2. The van der Waals surface area contributed by atoms with Gasteiger partial charge in [0.05, 0.1) is 6.04 Å². The highest BCUT2D eigenvalue weighted by molar-refractivity contribution is 6.30. The molecule has 1 amide bonds. The predicted molar refractivity (Wildman–Crippen MR) is 109 cm³/mol. The Balaban J connectivity index is 1.63. The number of amides is 1. The van der Waals surface area contributed by atoms with Crippen molar-refractivity contribution in [3.8, 4) is 0 Å². The summed E-state index contributed by atoms with van der Waals surface area (Å²) in [5, 5.41) is 10.6. The standard InChI is InChI=1S/C20H15Cl2F3N4O/c21-12-3-1-11(2-4-12)15-9-17(20(23,24)25)29-18(27-15)10-16(28-29)19(30)26-14-7-5-13(22)6-8-14/h1-8,10,15,17,27H,9H2,(H,26,30)/t15-,17-/m1/s1. The molecule has 2 atom stereocenters. The largest absolute Gasteiger partial charge is 0.410 e. The number of benzene rings is 2. The van der Waals surface area contributed by atoms with E-state index in [2.05, 4.69) is 15.7 Å². The van der Waals surface area contributed by atoms with Gasteiger partial charge in [-0.05, 0) is 42.0 Å². The number of anilines is 2. The van der Waals surface area contributed by atoms with Gasteiger partial charge < -0.3 is 10.6 Å². The van der Waals surface area contributed by atoms with Crippen LogP contribution in [0.4, 0.5) is 24.7 Å². The van der Waals surface area contributed by atoms with Crippen LogP contribution in [0.15, 0.2) is 54.6 Å². The van der Waals surface area contributed by atoms with Crippen molar-refractivity contribution in [3.63, 3.8) is 0 Å². The Hall–Kier alpha value is -2.71. The summed E-state index contributed by atoms with van der Waals surface area (Å²) in [5.74, 6) is -0.505. The van der Waals surface area contributed by atoms with Gasteiger partial charge in [-0.1, -0.05) is 35.3 Å². The Morgan fingerprint density at radius 3 is 2.27 bits per heavy atom.